The zero-order valence-corrected chi connectivity index (χ0v) is 9.78. The molecule has 1 aromatic carbocycles. The molecule has 0 amide bonds. The van der Waals surface area contributed by atoms with Gasteiger partial charge in [0.2, 0.25) is 0 Å². The predicted molar refractivity (Wildman–Crippen MR) is 60.3 cm³/mol. The lowest BCUT2D eigenvalue weighted by atomic mass is 9.82. The molecule has 18 heavy (non-hydrogen) atoms. The molecule has 5 heteroatoms. The van der Waals surface area contributed by atoms with E-state index in [2.05, 4.69) is 4.74 Å². The lowest BCUT2D eigenvalue weighted by Crippen LogP contribution is -2.22. The molecular weight excluding hydrogens is 245 g/mol. The zero-order chi connectivity index (χ0) is 13.2. The number of ether oxygens (including phenoxy) is 1. The molecule has 1 aliphatic rings. The summed E-state index contributed by atoms with van der Waals surface area (Å²) in [5.41, 5.74) is 0.872. The molecule has 0 bridgehead atoms. The van der Waals surface area contributed by atoms with Crippen LogP contribution in [0, 0.1) is 0 Å². The van der Waals surface area contributed by atoms with Gasteiger partial charge in [-0.1, -0.05) is 25.0 Å². The van der Waals surface area contributed by atoms with Crippen LogP contribution < -0.4 is 4.74 Å². The Balaban J connectivity index is 2.07. The van der Waals surface area contributed by atoms with Crippen molar-refractivity contribution in [3.05, 3.63) is 29.8 Å². The van der Waals surface area contributed by atoms with Gasteiger partial charge in [0, 0.05) is 5.92 Å². The number of halogens is 3. The first-order valence-corrected chi connectivity index (χ1v) is 5.99. The molecule has 100 valence electrons. The third-order valence-electron chi connectivity index (χ3n) is 3.27. The van der Waals surface area contributed by atoms with Crippen molar-refractivity contribution in [2.24, 2.45) is 0 Å². The third kappa shape index (κ3) is 3.38. The van der Waals surface area contributed by atoms with Crippen LogP contribution in [0.25, 0.3) is 0 Å². The van der Waals surface area contributed by atoms with Gasteiger partial charge in [0.1, 0.15) is 5.75 Å². The monoisotopic (exact) mass is 260 g/mol. The predicted octanol–water partition coefficient (Wildman–Crippen LogP) is 3.60. The second kappa shape index (κ2) is 5.18. The molecule has 2 atom stereocenters. The highest BCUT2D eigenvalue weighted by Crippen LogP contribution is 2.34. The molecule has 0 aliphatic heterocycles. The SMILES string of the molecule is O[C@@H]1CCCC[C@@H]1c1ccc(OC(F)(F)F)cc1. The van der Waals surface area contributed by atoms with Crippen molar-refractivity contribution in [3.63, 3.8) is 0 Å². The molecule has 0 radical (unpaired) electrons. The van der Waals surface area contributed by atoms with E-state index in [1.165, 1.54) is 12.1 Å². The van der Waals surface area contributed by atoms with Crippen molar-refractivity contribution in [2.45, 2.75) is 44.1 Å². The van der Waals surface area contributed by atoms with E-state index in [9.17, 15) is 18.3 Å². The minimum Gasteiger partial charge on any atom is -0.406 e. The van der Waals surface area contributed by atoms with E-state index in [1.54, 1.807) is 12.1 Å². The average molecular weight is 260 g/mol. The summed E-state index contributed by atoms with van der Waals surface area (Å²) in [7, 11) is 0. The summed E-state index contributed by atoms with van der Waals surface area (Å²) in [5.74, 6) is -0.199. The molecule has 1 fully saturated rings. The van der Waals surface area contributed by atoms with E-state index in [0.29, 0.717) is 0 Å². The van der Waals surface area contributed by atoms with Crippen molar-refractivity contribution >= 4 is 0 Å². The molecule has 1 N–H and O–H groups in total. The molecule has 2 rings (SSSR count). The molecule has 0 unspecified atom stereocenters. The maximum Gasteiger partial charge on any atom is 0.573 e. The van der Waals surface area contributed by atoms with Crippen LogP contribution in [0.5, 0.6) is 5.75 Å². The summed E-state index contributed by atoms with van der Waals surface area (Å²) in [6, 6.07) is 5.79. The molecule has 0 aromatic heterocycles. The smallest absolute Gasteiger partial charge is 0.406 e. The number of aliphatic hydroxyl groups excluding tert-OH is 1. The molecular formula is C13H15F3O2. The van der Waals surface area contributed by atoms with Crippen LogP contribution in [0.4, 0.5) is 13.2 Å². The highest BCUT2D eigenvalue weighted by Gasteiger charge is 2.31. The van der Waals surface area contributed by atoms with Crippen LogP contribution in [-0.4, -0.2) is 17.6 Å². The summed E-state index contributed by atoms with van der Waals surface area (Å²) in [5, 5.41) is 9.87. The lowest BCUT2D eigenvalue weighted by Gasteiger charge is -2.28. The van der Waals surface area contributed by atoms with Crippen molar-refractivity contribution < 1.29 is 23.0 Å². The topological polar surface area (TPSA) is 29.5 Å². The average Bonchev–Trinajstić information content (AvgIpc) is 2.29. The maximum absolute atomic E-state index is 12.0. The Morgan fingerprint density at radius 1 is 1.06 bits per heavy atom. The second-order valence-electron chi connectivity index (χ2n) is 4.58. The first-order valence-electron chi connectivity index (χ1n) is 5.99. The Hall–Kier alpha value is -1.23. The van der Waals surface area contributed by atoms with Crippen LogP contribution in [0.2, 0.25) is 0 Å². The minimum absolute atomic E-state index is 0.0266. The van der Waals surface area contributed by atoms with Crippen LogP contribution in [0.15, 0.2) is 24.3 Å². The van der Waals surface area contributed by atoms with Gasteiger partial charge in [-0.25, -0.2) is 0 Å². The van der Waals surface area contributed by atoms with Crippen LogP contribution in [0.3, 0.4) is 0 Å². The fourth-order valence-electron chi connectivity index (χ4n) is 2.42. The van der Waals surface area contributed by atoms with Gasteiger partial charge in [0.25, 0.3) is 0 Å². The van der Waals surface area contributed by atoms with Crippen LogP contribution in [-0.2, 0) is 0 Å². The Morgan fingerprint density at radius 2 is 1.67 bits per heavy atom. The Morgan fingerprint density at radius 3 is 2.22 bits per heavy atom. The van der Waals surface area contributed by atoms with E-state index in [-0.39, 0.29) is 11.7 Å². The molecule has 2 nitrogen and oxygen atoms in total. The lowest BCUT2D eigenvalue weighted by molar-refractivity contribution is -0.274. The van der Waals surface area contributed by atoms with Gasteiger partial charge >= 0.3 is 6.36 Å². The molecule has 0 saturated heterocycles. The van der Waals surface area contributed by atoms with Gasteiger partial charge in [-0.05, 0) is 30.5 Å². The fraction of sp³-hybridized carbons (Fsp3) is 0.538. The van der Waals surface area contributed by atoms with E-state index in [4.69, 9.17) is 0 Å². The van der Waals surface area contributed by atoms with Gasteiger partial charge in [-0.2, -0.15) is 0 Å². The first-order chi connectivity index (χ1) is 8.46. The normalized spacial score (nSPS) is 24.9. The minimum atomic E-state index is -4.66. The van der Waals surface area contributed by atoms with Gasteiger partial charge in [-0.3, -0.25) is 0 Å². The number of hydrogen-bond donors (Lipinski definition) is 1. The van der Waals surface area contributed by atoms with Crippen LogP contribution >= 0.6 is 0 Å². The van der Waals surface area contributed by atoms with E-state index in [0.717, 1.165) is 31.2 Å². The number of rotatable bonds is 2. The number of benzene rings is 1. The zero-order valence-electron chi connectivity index (χ0n) is 9.78. The highest BCUT2D eigenvalue weighted by atomic mass is 19.4. The molecule has 1 aliphatic carbocycles. The summed E-state index contributed by atoms with van der Waals surface area (Å²) in [6.07, 6.45) is -1.37. The van der Waals surface area contributed by atoms with Crippen molar-refractivity contribution in [3.8, 4) is 5.75 Å². The van der Waals surface area contributed by atoms with Gasteiger partial charge in [0.05, 0.1) is 6.10 Å². The Kier molecular flexibility index (Phi) is 3.80. The van der Waals surface area contributed by atoms with Gasteiger partial charge in [-0.15, -0.1) is 13.2 Å². The van der Waals surface area contributed by atoms with Crippen LogP contribution in [0.1, 0.15) is 37.2 Å². The standard InChI is InChI=1S/C13H15F3O2/c14-13(15,16)18-10-7-5-9(6-8-10)11-3-1-2-4-12(11)17/h5-8,11-12,17H,1-4H2/t11-,12-/m1/s1. The van der Waals surface area contributed by atoms with Crippen molar-refractivity contribution in [2.75, 3.05) is 0 Å². The number of hydrogen-bond acceptors (Lipinski definition) is 2. The highest BCUT2D eigenvalue weighted by molar-refractivity contribution is 5.30. The van der Waals surface area contributed by atoms with E-state index in [1.807, 2.05) is 0 Å². The molecule has 0 spiro atoms. The Labute approximate surface area is 103 Å². The van der Waals surface area contributed by atoms with E-state index >= 15 is 0 Å². The first kappa shape index (κ1) is 13.2. The largest absolute Gasteiger partial charge is 0.573 e. The van der Waals surface area contributed by atoms with E-state index < -0.39 is 12.5 Å². The maximum atomic E-state index is 12.0. The van der Waals surface area contributed by atoms with Crippen molar-refractivity contribution in [1.82, 2.24) is 0 Å². The molecule has 1 saturated carbocycles. The quantitative estimate of drug-likeness (QED) is 0.880. The van der Waals surface area contributed by atoms with Gasteiger partial charge in [0.15, 0.2) is 0 Å². The summed E-state index contributed by atoms with van der Waals surface area (Å²) >= 11 is 0. The second-order valence-corrected chi connectivity index (χ2v) is 4.58. The number of aliphatic hydroxyl groups is 1. The van der Waals surface area contributed by atoms with Crippen molar-refractivity contribution in [1.29, 1.82) is 0 Å². The summed E-state index contributed by atoms with van der Waals surface area (Å²) < 4.78 is 39.8. The third-order valence-corrected chi connectivity index (χ3v) is 3.27. The Bertz CT molecular complexity index is 386. The molecule has 0 heterocycles. The fourth-order valence-corrected chi connectivity index (χ4v) is 2.42. The summed E-state index contributed by atoms with van der Waals surface area (Å²) in [4.78, 5) is 0. The summed E-state index contributed by atoms with van der Waals surface area (Å²) in [6.45, 7) is 0. The molecule has 1 aromatic rings. The van der Waals surface area contributed by atoms with Gasteiger partial charge < -0.3 is 9.84 Å². The number of alkyl halides is 3.